The van der Waals surface area contributed by atoms with Crippen LogP contribution in [0.5, 0.6) is 0 Å². The molecule has 3 heterocycles. The van der Waals surface area contributed by atoms with Crippen molar-refractivity contribution in [3.63, 3.8) is 0 Å². The first-order chi connectivity index (χ1) is 15.4. The summed E-state index contributed by atoms with van der Waals surface area (Å²) in [5, 5.41) is 5.49. The van der Waals surface area contributed by atoms with Crippen LogP contribution in [0.25, 0.3) is 0 Å². The van der Waals surface area contributed by atoms with E-state index in [1.54, 1.807) is 11.8 Å². The molecule has 0 saturated carbocycles. The van der Waals surface area contributed by atoms with E-state index in [2.05, 4.69) is 17.2 Å². The highest BCUT2D eigenvalue weighted by Gasteiger charge is 2.46. The van der Waals surface area contributed by atoms with Gasteiger partial charge in [-0.25, -0.2) is 8.42 Å². The number of furan rings is 1. The molecular weight excluding hydrogens is 450 g/mol. The average Bonchev–Trinajstić information content (AvgIpc) is 3.50. The van der Waals surface area contributed by atoms with E-state index in [1.165, 1.54) is 22.7 Å². The normalized spacial score (nSPS) is 22.9. The summed E-state index contributed by atoms with van der Waals surface area (Å²) in [5.74, 6) is -0.446. The molecule has 170 valence electrons. The molecule has 0 aliphatic carbocycles. The minimum atomic E-state index is -3.83. The molecule has 1 aromatic heterocycles. The number of carbonyl (C=O) groups is 2. The number of thioether (sulfide) groups is 1. The fourth-order valence-electron chi connectivity index (χ4n) is 4.00. The van der Waals surface area contributed by atoms with Crippen LogP contribution in [0.4, 0.5) is 0 Å². The van der Waals surface area contributed by atoms with E-state index in [0.717, 1.165) is 5.56 Å². The number of carbonyl (C=O) groups excluding carboxylic acids is 2. The molecule has 3 unspecified atom stereocenters. The van der Waals surface area contributed by atoms with E-state index in [1.807, 2.05) is 30.3 Å². The Hall–Kier alpha value is -2.56. The first-order valence-electron chi connectivity index (χ1n) is 10.4. The number of nitrogens with one attached hydrogen (secondary N) is 2. The second-order valence-corrected chi connectivity index (χ2v) is 11.2. The third kappa shape index (κ3) is 4.92. The van der Waals surface area contributed by atoms with Crippen LogP contribution in [0.1, 0.15) is 22.3 Å². The molecular formula is C22H25N3O5S2. The Morgan fingerprint density at radius 3 is 2.75 bits per heavy atom. The molecule has 2 aliphatic heterocycles. The Balaban J connectivity index is 1.32. The summed E-state index contributed by atoms with van der Waals surface area (Å²) < 4.78 is 32.7. The molecule has 2 saturated heterocycles. The van der Waals surface area contributed by atoms with Crippen LogP contribution in [0, 0.1) is 5.92 Å². The molecule has 0 spiro atoms. The van der Waals surface area contributed by atoms with Gasteiger partial charge in [0.15, 0.2) is 0 Å². The summed E-state index contributed by atoms with van der Waals surface area (Å²) in [4.78, 5) is 23.9. The van der Waals surface area contributed by atoms with Gasteiger partial charge in [0.05, 0.1) is 10.9 Å². The second-order valence-electron chi connectivity index (χ2n) is 7.84. The third-order valence-electron chi connectivity index (χ3n) is 5.67. The Kier molecular flexibility index (Phi) is 6.73. The molecule has 2 aliphatic rings. The summed E-state index contributed by atoms with van der Waals surface area (Å²) in [7, 11) is -3.83. The lowest BCUT2D eigenvalue weighted by Gasteiger charge is -2.17. The number of nitrogens with zero attached hydrogens (tertiary/aromatic N) is 1. The van der Waals surface area contributed by atoms with Gasteiger partial charge in [-0.1, -0.05) is 36.9 Å². The van der Waals surface area contributed by atoms with Crippen molar-refractivity contribution in [1.82, 2.24) is 14.9 Å². The fraction of sp³-hybridized carbons (Fsp3) is 0.364. The summed E-state index contributed by atoms with van der Waals surface area (Å²) in [6.45, 7) is 4.59. The van der Waals surface area contributed by atoms with Crippen molar-refractivity contribution in [2.45, 2.75) is 28.6 Å². The van der Waals surface area contributed by atoms with E-state index in [-0.39, 0.29) is 39.0 Å². The number of amides is 2. The average molecular weight is 476 g/mol. The van der Waals surface area contributed by atoms with Crippen molar-refractivity contribution < 1.29 is 22.4 Å². The SMILES string of the molecule is C=CC(=O)NC1CC2CN(S(=O)(=O)c3cc(C(=O)NCCc4ccccc4)co3)CC2S1. The van der Waals surface area contributed by atoms with Gasteiger partial charge in [-0.3, -0.25) is 9.59 Å². The highest BCUT2D eigenvalue weighted by molar-refractivity contribution is 8.00. The largest absolute Gasteiger partial charge is 0.451 e. The van der Waals surface area contributed by atoms with Crippen molar-refractivity contribution in [3.05, 3.63) is 66.4 Å². The van der Waals surface area contributed by atoms with Crippen LogP contribution in [-0.4, -0.2) is 54.8 Å². The van der Waals surface area contributed by atoms with Crippen molar-refractivity contribution >= 4 is 33.6 Å². The molecule has 2 fully saturated rings. The topological polar surface area (TPSA) is 109 Å². The van der Waals surface area contributed by atoms with Gasteiger partial charge in [0, 0.05) is 31.0 Å². The Morgan fingerprint density at radius 1 is 1.25 bits per heavy atom. The van der Waals surface area contributed by atoms with E-state index in [9.17, 15) is 18.0 Å². The van der Waals surface area contributed by atoms with Crippen molar-refractivity contribution in [1.29, 1.82) is 0 Å². The summed E-state index contributed by atoms with van der Waals surface area (Å²) in [6.07, 6.45) is 3.79. The zero-order valence-electron chi connectivity index (χ0n) is 17.4. The Morgan fingerprint density at radius 2 is 2.03 bits per heavy atom. The first-order valence-corrected chi connectivity index (χ1v) is 12.7. The lowest BCUT2D eigenvalue weighted by molar-refractivity contribution is -0.116. The van der Waals surface area contributed by atoms with Gasteiger partial charge in [-0.2, -0.15) is 4.31 Å². The lowest BCUT2D eigenvalue weighted by atomic mass is 10.1. The van der Waals surface area contributed by atoms with Crippen LogP contribution < -0.4 is 10.6 Å². The van der Waals surface area contributed by atoms with Crippen LogP contribution in [0.15, 0.2) is 64.8 Å². The van der Waals surface area contributed by atoms with Gasteiger partial charge in [0.2, 0.25) is 11.0 Å². The van der Waals surface area contributed by atoms with Crippen LogP contribution in [0.3, 0.4) is 0 Å². The first kappa shape index (κ1) is 22.6. The van der Waals surface area contributed by atoms with Gasteiger partial charge < -0.3 is 15.1 Å². The van der Waals surface area contributed by atoms with Gasteiger partial charge >= 0.3 is 0 Å². The predicted octanol–water partition coefficient (Wildman–Crippen LogP) is 2.01. The summed E-state index contributed by atoms with van der Waals surface area (Å²) in [6, 6.07) is 11.0. The van der Waals surface area contributed by atoms with Crippen molar-refractivity contribution in [3.8, 4) is 0 Å². The summed E-state index contributed by atoms with van der Waals surface area (Å²) in [5.41, 5.74) is 1.28. The zero-order chi connectivity index (χ0) is 22.7. The number of hydrogen-bond donors (Lipinski definition) is 2. The molecule has 32 heavy (non-hydrogen) atoms. The predicted molar refractivity (Wildman–Crippen MR) is 122 cm³/mol. The second kappa shape index (κ2) is 9.51. The zero-order valence-corrected chi connectivity index (χ0v) is 19.0. The molecule has 2 N–H and O–H groups in total. The van der Waals surface area contributed by atoms with Crippen LogP contribution in [0.2, 0.25) is 0 Å². The van der Waals surface area contributed by atoms with E-state index in [0.29, 0.717) is 32.5 Å². The van der Waals surface area contributed by atoms with Crippen LogP contribution >= 0.6 is 11.8 Å². The van der Waals surface area contributed by atoms with Crippen LogP contribution in [-0.2, 0) is 21.2 Å². The Labute approximate surface area is 191 Å². The lowest BCUT2D eigenvalue weighted by Crippen LogP contribution is -2.33. The fourth-order valence-corrected chi connectivity index (χ4v) is 7.19. The van der Waals surface area contributed by atoms with Gasteiger partial charge in [-0.05, 0) is 30.4 Å². The molecule has 1 aromatic carbocycles. The summed E-state index contributed by atoms with van der Waals surface area (Å²) >= 11 is 1.58. The van der Waals surface area contributed by atoms with E-state index >= 15 is 0 Å². The third-order valence-corrected chi connectivity index (χ3v) is 8.89. The van der Waals surface area contributed by atoms with E-state index in [4.69, 9.17) is 4.42 Å². The molecule has 2 amide bonds. The molecule has 0 bridgehead atoms. The maximum Gasteiger partial charge on any atom is 0.276 e. The molecule has 8 nitrogen and oxygen atoms in total. The van der Waals surface area contributed by atoms with Crippen molar-refractivity contribution in [2.24, 2.45) is 5.92 Å². The van der Waals surface area contributed by atoms with E-state index < -0.39 is 10.0 Å². The maximum atomic E-state index is 13.0. The van der Waals surface area contributed by atoms with Gasteiger partial charge in [0.25, 0.3) is 15.9 Å². The van der Waals surface area contributed by atoms with Gasteiger partial charge in [-0.15, -0.1) is 11.8 Å². The molecule has 3 atom stereocenters. The molecule has 2 aromatic rings. The number of hydrogen-bond acceptors (Lipinski definition) is 6. The highest BCUT2D eigenvalue weighted by Crippen LogP contribution is 2.43. The number of benzene rings is 1. The van der Waals surface area contributed by atoms with Gasteiger partial charge in [0.1, 0.15) is 6.26 Å². The Bertz CT molecular complexity index is 1090. The molecule has 4 rings (SSSR count). The number of sulfonamides is 1. The highest BCUT2D eigenvalue weighted by atomic mass is 32.2. The smallest absolute Gasteiger partial charge is 0.276 e. The standard InChI is InChI=1S/C22H25N3O5S2/c1-2-19(26)24-20-10-16-12-25(13-18(16)31-20)32(28,29)21-11-17(14-30-21)22(27)23-9-8-15-6-4-3-5-7-15/h2-7,11,14,16,18,20H,1,8-10,12-13H2,(H,23,27)(H,24,26). The number of fused-ring (bicyclic) bond motifs is 1. The minimum Gasteiger partial charge on any atom is -0.451 e. The number of rotatable bonds is 8. The minimum absolute atomic E-state index is 0.0323. The molecule has 0 radical (unpaired) electrons. The van der Waals surface area contributed by atoms with Crippen molar-refractivity contribution in [2.75, 3.05) is 19.6 Å². The monoisotopic (exact) mass is 475 g/mol. The maximum absolute atomic E-state index is 13.0. The molecule has 10 heteroatoms. The quantitative estimate of drug-likeness (QED) is 0.566.